The monoisotopic (exact) mass is 233 g/mol. The molecule has 0 spiro atoms. The SMILES string of the molecule is CC1=C(C)CN(C(C)c2ccccc2)SC1. The Kier molecular flexibility index (Phi) is 3.72. The van der Waals surface area contributed by atoms with Crippen molar-refractivity contribution >= 4 is 11.9 Å². The van der Waals surface area contributed by atoms with E-state index in [0.717, 1.165) is 12.3 Å². The molecule has 0 saturated carbocycles. The van der Waals surface area contributed by atoms with E-state index in [1.54, 1.807) is 5.57 Å². The second-order valence-electron chi connectivity index (χ2n) is 4.50. The van der Waals surface area contributed by atoms with Crippen molar-refractivity contribution in [1.82, 2.24) is 4.31 Å². The Morgan fingerprint density at radius 1 is 1.12 bits per heavy atom. The summed E-state index contributed by atoms with van der Waals surface area (Å²) in [6.07, 6.45) is 0. The molecule has 2 rings (SSSR count). The Bertz CT molecular complexity index is 383. The Balaban J connectivity index is 2.10. The summed E-state index contributed by atoms with van der Waals surface area (Å²) in [5, 5.41) is 0. The topological polar surface area (TPSA) is 3.24 Å². The molecule has 1 nitrogen and oxygen atoms in total. The molecule has 16 heavy (non-hydrogen) atoms. The van der Waals surface area contributed by atoms with Crippen molar-refractivity contribution in [2.24, 2.45) is 0 Å². The summed E-state index contributed by atoms with van der Waals surface area (Å²) in [5.41, 5.74) is 4.48. The van der Waals surface area contributed by atoms with Gasteiger partial charge in [0.1, 0.15) is 0 Å². The van der Waals surface area contributed by atoms with Crippen molar-refractivity contribution in [2.45, 2.75) is 26.8 Å². The number of nitrogens with zero attached hydrogens (tertiary/aromatic N) is 1. The van der Waals surface area contributed by atoms with E-state index < -0.39 is 0 Å². The van der Waals surface area contributed by atoms with Crippen LogP contribution >= 0.6 is 11.9 Å². The van der Waals surface area contributed by atoms with Crippen LogP contribution in [0, 0.1) is 0 Å². The molecule has 86 valence electrons. The summed E-state index contributed by atoms with van der Waals surface area (Å²) in [5.74, 6) is 1.14. The third-order valence-corrected chi connectivity index (χ3v) is 4.62. The van der Waals surface area contributed by atoms with Crippen LogP contribution in [-0.4, -0.2) is 16.6 Å². The van der Waals surface area contributed by atoms with Crippen molar-refractivity contribution in [3.8, 4) is 0 Å². The molecular formula is C14H19NS. The van der Waals surface area contributed by atoms with Crippen LogP contribution < -0.4 is 0 Å². The van der Waals surface area contributed by atoms with Crippen LogP contribution in [0.2, 0.25) is 0 Å². The molecule has 0 aliphatic carbocycles. The molecule has 0 amide bonds. The first-order chi connectivity index (χ1) is 7.68. The Hall–Kier alpha value is -0.730. The number of hydrogen-bond acceptors (Lipinski definition) is 2. The minimum atomic E-state index is 0.495. The summed E-state index contributed by atoms with van der Waals surface area (Å²) in [7, 11) is 0. The summed E-state index contributed by atoms with van der Waals surface area (Å²) in [4.78, 5) is 0. The zero-order chi connectivity index (χ0) is 11.5. The summed E-state index contributed by atoms with van der Waals surface area (Å²) < 4.78 is 2.48. The van der Waals surface area contributed by atoms with Gasteiger partial charge in [-0.05, 0) is 26.3 Å². The van der Waals surface area contributed by atoms with Crippen molar-refractivity contribution in [3.05, 3.63) is 47.0 Å². The quantitative estimate of drug-likeness (QED) is 0.560. The average Bonchev–Trinajstić information content (AvgIpc) is 2.33. The molecule has 1 aromatic carbocycles. The number of benzene rings is 1. The molecule has 0 radical (unpaired) electrons. The molecule has 0 aromatic heterocycles. The van der Waals surface area contributed by atoms with Gasteiger partial charge in [0.05, 0.1) is 0 Å². The second kappa shape index (κ2) is 5.07. The van der Waals surface area contributed by atoms with E-state index in [9.17, 15) is 0 Å². The average molecular weight is 233 g/mol. The van der Waals surface area contributed by atoms with Gasteiger partial charge in [0.15, 0.2) is 0 Å². The van der Waals surface area contributed by atoms with Gasteiger partial charge < -0.3 is 0 Å². The zero-order valence-corrected chi connectivity index (χ0v) is 11.1. The summed E-state index contributed by atoms with van der Waals surface area (Å²) in [6, 6.07) is 11.2. The van der Waals surface area contributed by atoms with Crippen LogP contribution in [-0.2, 0) is 0 Å². The van der Waals surface area contributed by atoms with Crippen LogP contribution in [0.15, 0.2) is 41.5 Å². The smallest absolute Gasteiger partial charge is 0.0427 e. The van der Waals surface area contributed by atoms with Gasteiger partial charge >= 0.3 is 0 Å². The van der Waals surface area contributed by atoms with Crippen molar-refractivity contribution < 1.29 is 0 Å². The fraction of sp³-hybridized carbons (Fsp3) is 0.429. The fourth-order valence-corrected chi connectivity index (χ4v) is 3.10. The van der Waals surface area contributed by atoms with E-state index in [1.165, 1.54) is 11.1 Å². The van der Waals surface area contributed by atoms with Crippen LogP contribution in [0.1, 0.15) is 32.4 Å². The molecule has 1 heterocycles. The van der Waals surface area contributed by atoms with Gasteiger partial charge in [-0.3, -0.25) is 0 Å². The minimum absolute atomic E-state index is 0.495. The highest BCUT2D eigenvalue weighted by Crippen LogP contribution is 2.32. The van der Waals surface area contributed by atoms with Gasteiger partial charge in [-0.25, -0.2) is 4.31 Å². The zero-order valence-electron chi connectivity index (χ0n) is 10.2. The Morgan fingerprint density at radius 3 is 2.44 bits per heavy atom. The molecule has 1 unspecified atom stereocenters. The number of hydrogen-bond donors (Lipinski definition) is 0. The lowest BCUT2D eigenvalue weighted by atomic mass is 10.1. The van der Waals surface area contributed by atoms with Crippen molar-refractivity contribution in [2.75, 3.05) is 12.3 Å². The first-order valence-electron chi connectivity index (χ1n) is 5.78. The van der Waals surface area contributed by atoms with Gasteiger partial charge in [0.2, 0.25) is 0 Å². The normalized spacial score (nSPS) is 19.9. The van der Waals surface area contributed by atoms with E-state index in [2.05, 4.69) is 55.4 Å². The Labute approximate surface area is 103 Å². The predicted molar refractivity (Wildman–Crippen MR) is 72.4 cm³/mol. The standard InChI is InChI=1S/C14H19NS/c1-11-9-15(16-10-12(11)2)13(3)14-7-5-4-6-8-14/h4-8,13H,9-10H2,1-3H3. The van der Waals surface area contributed by atoms with E-state index in [0.29, 0.717) is 6.04 Å². The fourth-order valence-electron chi connectivity index (χ4n) is 1.86. The summed E-state index contributed by atoms with van der Waals surface area (Å²) >= 11 is 1.95. The van der Waals surface area contributed by atoms with Gasteiger partial charge in [-0.15, -0.1) is 0 Å². The third kappa shape index (κ3) is 2.50. The molecule has 0 bridgehead atoms. The van der Waals surface area contributed by atoms with E-state index >= 15 is 0 Å². The molecule has 2 heteroatoms. The van der Waals surface area contributed by atoms with Crippen LogP contribution in [0.4, 0.5) is 0 Å². The maximum atomic E-state index is 2.48. The lowest BCUT2D eigenvalue weighted by molar-refractivity contribution is 0.405. The lowest BCUT2D eigenvalue weighted by Gasteiger charge is -2.32. The first kappa shape index (κ1) is 11.7. The maximum absolute atomic E-state index is 2.48. The molecule has 1 aliphatic rings. The van der Waals surface area contributed by atoms with Gasteiger partial charge in [0.25, 0.3) is 0 Å². The molecule has 1 aromatic rings. The highest BCUT2D eigenvalue weighted by Gasteiger charge is 2.20. The lowest BCUT2D eigenvalue weighted by Crippen LogP contribution is -2.26. The largest absolute Gasteiger partial charge is 0.239 e. The van der Waals surface area contributed by atoms with Crippen LogP contribution in [0.3, 0.4) is 0 Å². The van der Waals surface area contributed by atoms with Crippen molar-refractivity contribution in [3.63, 3.8) is 0 Å². The Morgan fingerprint density at radius 2 is 1.81 bits per heavy atom. The van der Waals surface area contributed by atoms with Crippen LogP contribution in [0.25, 0.3) is 0 Å². The van der Waals surface area contributed by atoms with E-state index in [4.69, 9.17) is 0 Å². The molecular weight excluding hydrogens is 214 g/mol. The second-order valence-corrected chi connectivity index (χ2v) is 5.51. The molecule has 1 aliphatic heterocycles. The predicted octanol–water partition coefficient (Wildman–Crippen LogP) is 4.05. The van der Waals surface area contributed by atoms with Crippen molar-refractivity contribution in [1.29, 1.82) is 0 Å². The molecule has 1 atom stereocenters. The molecule has 0 saturated heterocycles. The van der Waals surface area contributed by atoms with Gasteiger partial charge in [-0.2, -0.15) is 0 Å². The van der Waals surface area contributed by atoms with Crippen LogP contribution in [0.5, 0.6) is 0 Å². The highest BCUT2D eigenvalue weighted by atomic mass is 32.2. The maximum Gasteiger partial charge on any atom is 0.0427 e. The number of rotatable bonds is 2. The highest BCUT2D eigenvalue weighted by molar-refractivity contribution is 7.97. The van der Waals surface area contributed by atoms with Gasteiger partial charge in [-0.1, -0.05) is 53.4 Å². The minimum Gasteiger partial charge on any atom is -0.239 e. The van der Waals surface area contributed by atoms with E-state index in [1.807, 2.05) is 11.9 Å². The summed E-state index contributed by atoms with van der Waals surface area (Å²) in [6.45, 7) is 7.87. The molecule has 0 N–H and O–H groups in total. The van der Waals surface area contributed by atoms with E-state index in [-0.39, 0.29) is 0 Å². The molecule has 0 fully saturated rings. The first-order valence-corrected chi connectivity index (χ1v) is 6.72. The third-order valence-electron chi connectivity index (χ3n) is 3.28. The van der Waals surface area contributed by atoms with Gasteiger partial charge in [0, 0.05) is 18.3 Å².